The molecule has 3 rings (SSSR count). The van der Waals surface area contributed by atoms with Gasteiger partial charge in [-0.1, -0.05) is 6.07 Å². The van der Waals surface area contributed by atoms with Gasteiger partial charge in [0.25, 0.3) is 0 Å². The lowest BCUT2D eigenvalue weighted by molar-refractivity contribution is 0.561. The van der Waals surface area contributed by atoms with Gasteiger partial charge in [0.1, 0.15) is 5.52 Å². The molecule has 5 heteroatoms. The van der Waals surface area contributed by atoms with Gasteiger partial charge < -0.3 is 9.73 Å². The summed E-state index contributed by atoms with van der Waals surface area (Å²) in [4.78, 5) is 4.35. The van der Waals surface area contributed by atoms with Gasteiger partial charge in [0.05, 0.1) is 11.9 Å². The average molecular weight is 242 g/mol. The van der Waals surface area contributed by atoms with Crippen LogP contribution in [0.3, 0.4) is 0 Å². The minimum absolute atomic E-state index is 0.685. The second-order valence-corrected chi connectivity index (χ2v) is 4.21. The van der Waals surface area contributed by atoms with E-state index in [1.807, 2.05) is 38.4 Å². The van der Waals surface area contributed by atoms with Crippen molar-refractivity contribution in [1.82, 2.24) is 20.5 Å². The number of oxazole rings is 1. The van der Waals surface area contributed by atoms with E-state index >= 15 is 0 Å². The number of benzene rings is 1. The lowest BCUT2D eigenvalue weighted by atomic mass is 10.1. The lowest BCUT2D eigenvalue weighted by Crippen LogP contribution is -2.06. The van der Waals surface area contributed by atoms with Crippen LogP contribution in [0.2, 0.25) is 0 Å². The molecular weight excluding hydrogens is 228 g/mol. The molecule has 0 unspecified atom stereocenters. The first-order chi connectivity index (χ1) is 8.78. The lowest BCUT2D eigenvalue weighted by Gasteiger charge is -2.02. The van der Waals surface area contributed by atoms with Crippen molar-refractivity contribution in [1.29, 1.82) is 0 Å². The number of hydrogen-bond acceptors (Lipinski definition) is 4. The fraction of sp³-hybridized carbons (Fsp3) is 0.231. The summed E-state index contributed by atoms with van der Waals surface area (Å²) in [6.45, 7) is 2.61. The van der Waals surface area contributed by atoms with Crippen LogP contribution in [-0.4, -0.2) is 22.2 Å². The van der Waals surface area contributed by atoms with Crippen molar-refractivity contribution >= 4 is 11.1 Å². The Kier molecular flexibility index (Phi) is 2.60. The van der Waals surface area contributed by atoms with Crippen LogP contribution in [0.4, 0.5) is 0 Å². The average Bonchev–Trinajstić information content (AvgIpc) is 2.93. The summed E-state index contributed by atoms with van der Waals surface area (Å²) in [5.41, 5.74) is 4.94. The second kappa shape index (κ2) is 4.27. The number of aromatic nitrogens is 3. The molecular formula is C13H14N4O. The second-order valence-electron chi connectivity index (χ2n) is 4.21. The van der Waals surface area contributed by atoms with E-state index < -0.39 is 0 Å². The Balaban J connectivity index is 2.10. The van der Waals surface area contributed by atoms with E-state index in [0.717, 1.165) is 34.5 Å². The van der Waals surface area contributed by atoms with E-state index in [4.69, 9.17) is 4.42 Å². The van der Waals surface area contributed by atoms with Gasteiger partial charge in [-0.15, -0.1) is 0 Å². The molecule has 0 saturated heterocycles. The SMILES string of the molecule is CNCc1[nH]ncc1-c1ccc2oc(C)nc2c1. The molecule has 2 heterocycles. The normalized spacial score (nSPS) is 11.2. The largest absolute Gasteiger partial charge is 0.441 e. The molecule has 1 aromatic carbocycles. The fourth-order valence-corrected chi connectivity index (χ4v) is 2.08. The number of H-pyrrole nitrogens is 1. The first kappa shape index (κ1) is 11.0. The summed E-state index contributed by atoms with van der Waals surface area (Å²) in [6.07, 6.45) is 1.83. The standard InChI is InChI=1S/C13H14N4O/c1-8-16-11-5-9(3-4-13(11)18-8)10-6-15-17-12(10)7-14-2/h3-6,14H,7H2,1-2H3,(H,15,17). The molecule has 0 amide bonds. The topological polar surface area (TPSA) is 66.7 Å². The monoisotopic (exact) mass is 242 g/mol. The number of aryl methyl sites for hydroxylation is 1. The molecule has 0 atom stereocenters. The van der Waals surface area contributed by atoms with Gasteiger partial charge in [0, 0.05) is 19.0 Å². The maximum atomic E-state index is 5.47. The van der Waals surface area contributed by atoms with Gasteiger partial charge in [0.2, 0.25) is 0 Å². The highest BCUT2D eigenvalue weighted by Gasteiger charge is 2.09. The smallest absolute Gasteiger partial charge is 0.192 e. The van der Waals surface area contributed by atoms with Crippen molar-refractivity contribution < 1.29 is 4.42 Å². The van der Waals surface area contributed by atoms with Gasteiger partial charge in [-0.05, 0) is 24.7 Å². The van der Waals surface area contributed by atoms with Crippen molar-refractivity contribution in [3.05, 3.63) is 36.0 Å². The van der Waals surface area contributed by atoms with Crippen LogP contribution < -0.4 is 5.32 Å². The molecule has 0 aliphatic carbocycles. The maximum absolute atomic E-state index is 5.47. The van der Waals surface area contributed by atoms with Gasteiger partial charge in [0.15, 0.2) is 11.5 Å². The van der Waals surface area contributed by atoms with Crippen LogP contribution in [0, 0.1) is 6.92 Å². The third-order valence-electron chi connectivity index (χ3n) is 2.88. The number of hydrogen-bond donors (Lipinski definition) is 2. The molecule has 5 nitrogen and oxygen atoms in total. The Hall–Kier alpha value is -2.14. The number of fused-ring (bicyclic) bond motifs is 1. The highest BCUT2D eigenvalue weighted by Crippen LogP contribution is 2.26. The van der Waals surface area contributed by atoms with Gasteiger partial charge in [-0.25, -0.2) is 4.98 Å². The van der Waals surface area contributed by atoms with E-state index in [2.05, 4.69) is 20.5 Å². The van der Waals surface area contributed by atoms with Crippen molar-refractivity contribution in [3.63, 3.8) is 0 Å². The zero-order chi connectivity index (χ0) is 12.5. The summed E-state index contributed by atoms with van der Waals surface area (Å²) in [5, 5.41) is 10.2. The van der Waals surface area contributed by atoms with Crippen LogP contribution in [0.1, 0.15) is 11.6 Å². The van der Waals surface area contributed by atoms with Crippen LogP contribution in [-0.2, 0) is 6.54 Å². The number of aromatic amines is 1. The third-order valence-corrected chi connectivity index (χ3v) is 2.88. The molecule has 0 bridgehead atoms. The molecule has 0 aliphatic heterocycles. The summed E-state index contributed by atoms with van der Waals surface area (Å²) in [5.74, 6) is 0.685. The third kappa shape index (κ3) is 1.78. The van der Waals surface area contributed by atoms with E-state index in [1.165, 1.54) is 0 Å². The number of rotatable bonds is 3. The molecule has 92 valence electrons. The summed E-state index contributed by atoms with van der Waals surface area (Å²) in [7, 11) is 1.91. The van der Waals surface area contributed by atoms with Crippen molar-refractivity contribution in [2.24, 2.45) is 0 Å². The summed E-state index contributed by atoms with van der Waals surface area (Å²) >= 11 is 0. The minimum Gasteiger partial charge on any atom is -0.441 e. The molecule has 0 aliphatic rings. The Labute approximate surface area is 104 Å². The van der Waals surface area contributed by atoms with E-state index in [1.54, 1.807) is 0 Å². The van der Waals surface area contributed by atoms with Gasteiger partial charge in [-0.2, -0.15) is 5.10 Å². The van der Waals surface area contributed by atoms with E-state index in [9.17, 15) is 0 Å². The quantitative estimate of drug-likeness (QED) is 0.739. The molecule has 2 N–H and O–H groups in total. The molecule has 3 aromatic rings. The van der Waals surface area contributed by atoms with Gasteiger partial charge in [-0.3, -0.25) is 5.10 Å². The highest BCUT2D eigenvalue weighted by atomic mass is 16.3. The molecule has 0 saturated carbocycles. The molecule has 0 spiro atoms. The highest BCUT2D eigenvalue weighted by molar-refractivity contribution is 5.80. The number of nitrogens with one attached hydrogen (secondary N) is 2. The Morgan fingerprint density at radius 2 is 2.28 bits per heavy atom. The first-order valence-corrected chi connectivity index (χ1v) is 5.82. The molecule has 0 fully saturated rings. The molecule has 0 radical (unpaired) electrons. The van der Waals surface area contributed by atoms with Gasteiger partial charge >= 0.3 is 0 Å². The Morgan fingerprint density at radius 1 is 1.39 bits per heavy atom. The Bertz CT molecular complexity index is 683. The van der Waals surface area contributed by atoms with Crippen LogP contribution >= 0.6 is 0 Å². The predicted molar refractivity (Wildman–Crippen MR) is 69.1 cm³/mol. The van der Waals surface area contributed by atoms with Crippen LogP contribution in [0.5, 0.6) is 0 Å². The van der Waals surface area contributed by atoms with Crippen molar-refractivity contribution in [2.45, 2.75) is 13.5 Å². The van der Waals surface area contributed by atoms with E-state index in [0.29, 0.717) is 5.89 Å². The summed E-state index contributed by atoms with van der Waals surface area (Å²) < 4.78 is 5.47. The molecule has 18 heavy (non-hydrogen) atoms. The zero-order valence-electron chi connectivity index (χ0n) is 10.3. The maximum Gasteiger partial charge on any atom is 0.192 e. The van der Waals surface area contributed by atoms with Crippen LogP contribution in [0.15, 0.2) is 28.8 Å². The summed E-state index contributed by atoms with van der Waals surface area (Å²) in [6, 6.07) is 5.99. The predicted octanol–water partition coefficient (Wildman–Crippen LogP) is 2.25. The van der Waals surface area contributed by atoms with Crippen molar-refractivity contribution in [3.8, 4) is 11.1 Å². The minimum atomic E-state index is 0.685. The van der Waals surface area contributed by atoms with Crippen molar-refractivity contribution in [2.75, 3.05) is 7.05 Å². The first-order valence-electron chi connectivity index (χ1n) is 5.82. The molecule has 2 aromatic heterocycles. The number of nitrogens with zero attached hydrogens (tertiary/aromatic N) is 2. The zero-order valence-corrected chi connectivity index (χ0v) is 10.3. The Morgan fingerprint density at radius 3 is 3.11 bits per heavy atom. The van der Waals surface area contributed by atoms with E-state index in [-0.39, 0.29) is 0 Å². The van der Waals surface area contributed by atoms with Crippen LogP contribution in [0.25, 0.3) is 22.2 Å². The fourth-order valence-electron chi connectivity index (χ4n) is 2.08.